The number of aliphatic hydroxyl groups is 1. The number of thioether (sulfide) groups is 1. The summed E-state index contributed by atoms with van der Waals surface area (Å²) in [6, 6.07) is 3.03. The fourth-order valence-electron chi connectivity index (χ4n) is 3.26. The minimum absolute atomic E-state index is 0.0553. The average molecular weight is 494 g/mol. The number of carboxylic acids is 1. The first-order valence-corrected chi connectivity index (χ1v) is 12.1. The number of carbonyl (C=O) groups is 4. The van der Waals surface area contributed by atoms with Crippen molar-refractivity contribution in [3.05, 3.63) is 36.0 Å². The summed E-state index contributed by atoms with van der Waals surface area (Å²) in [6.07, 6.45) is 3.86. The Morgan fingerprint density at radius 3 is 2.38 bits per heavy atom. The van der Waals surface area contributed by atoms with E-state index in [0.717, 1.165) is 16.5 Å². The summed E-state index contributed by atoms with van der Waals surface area (Å²) in [4.78, 5) is 52.3. The van der Waals surface area contributed by atoms with Gasteiger partial charge >= 0.3 is 5.97 Å². The number of aromatic amines is 1. The maximum atomic E-state index is 12.9. The van der Waals surface area contributed by atoms with Gasteiger partial charge in [0.1, 0.15) is 24.2 Å². The molecule has 0 saturated heterocycles. The molecule has 1 aromatic carbocycles. The fourth-order valence-corrected chi connectivity index (χ4v) is 3.73. The number of H-pyrrole nitrogens is 1. The van der Waals surface area contributed by atoms with Crippen LogP contribution in [0.5, 0.6) is 0 Å². The molecule has 2 rings (SSSR count). The molecular formula is C22H31N5O6S. The molecule has 12 heteroatoms. The van der Waals surface area contributed by atoms with Crippen LogP contribution in [0.25, 0.3) is 10.9 Å². The number of carboxylic acid groups (broad SMARTS) is 1. The number of hydrogen-bond acceptors (Lipinski definition) is 7. The monoisotopic (exact) mass is 493 g/mol. The summed E-state index contributed by atoms with van der Waals surface area (Å²) < 4.78 is 0. The number of aromatic nitrogens is 1. The van der Waals surface area contributed by atoms with E-state index in [9.17, 15) is 24.3 Å². The van der Waals surface area contributed by atoms with Gasteiger partial charge in [0.05, 0.1) is 6.61 Å². The van der Waals surface area contributed by atoms with E-state index in [1.54, 1.807) is 6.20 Å². The molecule has 4 atom stereocenters. The Morgan fingerprint density at radius 1 is 1.06 bits per heavy atom. The Hall–Kier alpha value is -3.09. The van der Waals surface area contributed by atoms with Crippen LogP contribution in [0, 0.1) is 0 Å². The van der Waals surface area contributed by atoms with Gasteiger partial charge in [-0.2, -0.15) is 11.8 Å². The molecule has 0 saturated carbocycles. The van der Waals surface area contributed by atoms with E-state index in [1.165, 1.54) is 18.7 Å². The molecule has 0 fully saturated rings. The zero-order valence-electron chi connectivity index (χ0n) is 19.0. The number of benzene rings is 1. The van der Waals surface area contributed by atoms with E-state index in [2.05, 4.69) is 20.9 Å². The molecule has 0 radical (unpaired) electrons. The Bertz CT molecular complexity index is 1010. The smallest absolute Gasteiger partial charge is 0.326 e. The minimum atomic E-state index is -1.21. The number of carbonyl (C=O) groups excluding carboxylic acids is 3. The van der Waals surface area contributed by atoms with E-state index in [0.29, 0.717) is 5.75 Å². The molecule has 0 bridgehead atoms. The van der Waals surface area contributed by atoms with Crippen LogP contribution in [0.1, 0.15) is 18.9 Å². The highest BCUT2D eigenvalue weighted by molar-refractivity contribution is 7.98. The Balaban J connectivity index is 2.08. The van der Waals surface area contributed by atoms with Gasteiger partial charge in [-0.3, -0.25) is 14.4 Å². The lowest BCUT2D eigenvalue weighted by Crippen LogP contribution is -2.57. The van der Waals surface area contributed by atoms with Gasteiger partial charge in [-0.05, 0) is 37.0 Å². The van der Waals surface area contributed by atoms with Gasteiger partial charge in [-0.1, -0.05) is 18.2 Å². The molecule has 1 aromatic heterocycles. The third-order valence-corrected chi connectivity index (χ3v) is 5.89. The zero-order valence-corrected chi connectivity index (χ0v) is 19.9. The molecular weight excluding hydrogens is 462 g/mol. The lowest BCUT2D eigenvalue weighted by atomic mass is 10.0. The zero-order chi connectivity index (χ0) is 25.3. The average Bonchev–Trinajstić information content (AvgIpc) is 3.23. The SMILES string of the molecule is CSCCC(NC(=O)C(C)NC(=O)C(N)CO)C(=O)NC(Cc1c[nH]c2ccccc12)C(=O)O. The second-order valence-corrected chi connectivity index (χ2v) is 8.81. The van der Waals surface area contributed by atoms with Crippen molar-refractivity contribution in [2.24, 2.45) is 5.73 Å². The molecule has 0 aliphatic heterocycles. The molecule has 4 unspecified atom stereocenters. The van der Waals surface area contributed by atoms with E-state index >= 15 is 0 Å². The van der Waals surface area contributed by atoms with Crippen molar-refractivity contribution in [1.29, 1.82) is 0 Å². The number of nitrogens with two attached hydrogens (primary N) is 1. The quantitative estimate of drug-likeness (QED) is 0.192. The molecule has 186 valence electrons. The molecule has 3 amide bonds. The standard InChI is InChI=1S/C22H31N5O6S/c1-12(25-20(30)15(23)11-28)19(29)26-17(7-8-34-2)21(31)27-18(22(32)33)9-13-10-24-16-6-4-3-5-14(13)16/h3-6,10,12,15,17-18,24,28H,7-9,11,23H2,1-2H3,(H,25,30)(H,26,29)(H,27,31)(H,32,33). The Kier molecular flexibility index (Phi) is 10.4. The van der Waals surface area contributed by atoms with Crippen LogP contribution < -0.4 is 21.7 Å². The number of aliphatic carboxylic acids is 1. The van der Waals surface area contributed by atoms with Crippen LogP contribution in [0.3, 0.4) is 0 Å². The van der Waals surface area contributed by atoms with Crippen LogP contribution in [-0.2, 0) is 25.6 Å². The fraction of sp³-hybridized carbons (Fsp3) is 0.455. The van der Waals surface area contributed by atoms with Gasteiger partial charge in [-0.25, -0.2) is 4.79 Å². The normalized spacial score (nSPS) is 14.6. The number of amides is 3. The van der Waals surface area contributed by atoms with Gasteiger partial charge < -0.3 is 36.9 Å². The third kappa shape index (κ3) is 7.47. The topological polar surface area (TPSA) is 187 Å². The van der Waals surface area contributed by atoms with E-state index < -0.39 is 54.5 Å². The maximum Gasteiger partial charge on any atom is 0.326 e. The molecule has 2 aromatic rings. The first-order valence-electron chi connectivity index (χ1n) is 10.7. The summed E-state index contributed by atoms with van der Waals surface area (Å²) in [5.41, 5.74) is 7.03. The third-order valence-electron chi connectivity index (χ3n) is 5.24. The first kappa shape index (κ1) is 27.2. The number of hydrogen-bond donors (Lipinski definition) is 7. The molecule has 0 aliphatic carbocycles. The summed E-state index contributed by atoms with van der Waals surface area (Å²) in [5, 5.41) is 27.0. The predicted octanol–water partition coefficient (Wildman–Crippen LogP) is -0.658. The highest BCUT2D eigenvalue weighted by Gasteiger charge is 2.29. The molecule has 0 spiro atoms. The molecule has 1 heterocycles. The van der Waals surface area contributed by atoms with Crippen LogP contribution in [-0.4, -0.2) is 81.7 Å². The van der Waals surface area contributed by atoms with Crippen LogP contribution in [0.4, 0.5) is 0 Å². The van der Waals surface area contributed by atoms with Crippen LogP contribution in [0.2, 0.25) is 0 Å². The van der Waals surface area contributed by atoms with Gasteiger partial charge in [0, 0.05) is 23.5 Å². The highest BCUT2D eigenvalue weighted by Crippen LogP contribution is 2.19. The molecule has 11 nitrogen and oxygen atoms in total. The number of fused-ring (bicyclic) bond motifs is 1. The summed E-state index contributed by atoms with van der Waals surface area (Å²) in [5.74, 6) is -2.65. The van der Waals surface area contributed by atoms with Crippen molar-refractivity contribution in [1.82, 2.24) is 20.9 Å². The van der Waals surface area contributed by atoms with Crippen LogP contribution >= 0.6 is 11.8 Å². The van der Waals surface area contributed by atoms with Crippen molar-refractivity contribution in [2.45, 2.75) is 43.9 Å². The van der Waals surface area contributed by atoms with Gasteiger partial charge in [0.15, 0.2) is 0 Å². The number of rotatable bonds is 13. The van der Waals surface area contributed by atoms with Crippen molar-refractivity contribution >= 4 is 46.4 Å². The van der Waals surface area contributed by atoms with Gasteiger partial charge in [0.25, 0.3) is 0 Å². The van der Waals surface area contributed by atoms with Crippen molar-refractivity contribution < 1.29 is 29.4 Å². The lowest BCUT2D eigenvalue weighted by Gasteiger charge is -2.23. The summed E-state index contributed by atoms with van der Waals surface area (Å²) >= 11 is 1.46. The predicted molar refractivity (Wildman–Crippen MR) is 129 cm³/mol. The molecule has 0 aliphatic rings. The van der Waals surface area contributed by atoms with E-state index in [-0.39, 0.29) is 12.8 Å². The van der Waals surface area contributed by atoms with Crippen LogP contribution in [0.15, 0.2) is 30.5 Å². The number of aliphatic hydroxyl groups excluding tert-OH is 1. The number of nitrogens with one attached hydrogen (secondary N) is 4. The van der Waals surface area contributed by atoms with Gasteiger partial charge in [-0.15, -0.1) is 0 Å². The summed E-state index contributed by atoms with van der Waals surface area (Å²) in [6.45, 7) is 0.837. The first-order chi connectivity index (χ1) is 16.2. The highest BCUT2D eigenvalue weighted by atomic mass is 32.2. The second-order valence-electron chi connectivity index (χ2n) is 7.83. The summed E-state index contributed by atoms with van der Waals surface area (Å²) in [7, 11) is 0. The van der Waals surface area contributed by atoms with Crippen molar-refractivity contribution in [3.8, 4) is 0 Å². The van der Waals surface area contributed by atoms with Crippen molar-refractivity contribution in [3.63, 3.8) is 0 Å². The molecule has 8 N–H and O–H groups in total. The molecule has 34 heavy (non-hydrogen) atoms. The second kappa shape index (κ2) is 13.0. The Labute approximate surface area is 201 Å². The number of para-hydroxylation sites is 1. The lowest BCUT2D eigenvalue weighted by molar-refractivity contribution is -0.142. The van der Waals surface area contributed by atoms with E-state index in [1.807, 2.05) is 30.5 Å². The largest absolute Gasteiger partial charge is 0.480 e. The Morgan fingerprint density at radius 2 is 1.74 bits per heavy atom. The van der Waals surface area contributed by atoms with Crippen molar-refractivity contribution in [2.75, 3.05) is 18.6 Å². The minimum Gasteiger partial charge on any atom is -0.480 e. The van der Waals surface area contributed by atoms with E-state index in [4.69, 9.17) is 10.8 Å². The van der Waals surface area contributed by atoms with Gasteiger partial charge in [0.2, 0.25) is 17.7 Å². The maximum absolute atomic E-state index is 12.9.